The molecule has 27 heavy (non-hydrogen) atoms. The molecule has 2 aromatic rings. The number of rotatable bonds is 8. The number of aryl methyl sites for hydroxylation is 2. The second kappa shape index (κ2) is 9.59. The van der Waals surface area contributed by atoms with Gasteiger partial charge in [-0.1, -0.05) is 6.07 Å². The number of ether oxygens (including phenoxy) is 1. The molecule has 7 heteroatoms. The van der Waals surface area contributed by atoms with Crippen molar-refractivity contribution in [3.05, 3.63) is 43.8 Å². The van der Waals surface area contributed by atoms with Crippen molar-refractivity contribution in [2.45, 2.75) is 32.7 Å². The van der Waals surface area contributed by atoms with Gasteiger partial charge in [-0.05, 0) is 31.4 Å². The fourth-order valence-corrected chi connectivity index (χ4v) is 5.15. The number of hydrogen-bond acceptors (Lipinski definition) is 6. The molecule has 1 atom stereocenters. The van der Waals surface area contributed by atoms with E-state index in [0.29, 0.717) is 6.54 Å². The fraction of sp³-hybridized carbons (Fsp3) is 0.500. The highest BCUT2D eigenvalue weighted by Gasteiger charge is 2.24. The van der Waals surface area contributed by atoms with Crippen LogP contribution < -0.4 is 5.32 Å². The number of ketones is 1. The lowest BCUT2D eigenvalue weighted by atomic mass is 10.1. The van der Waals surface area contributed by atoms with Gasteiger partial charge in [0.05, 0.1) is 19.3 Å². The molecule has 0 radical (unpaired) electrons. The highest BCUT2D eigenvalue weighted by atomic mass is 32.1. The van der Waals surface area contributed by atoms with Crippen molar-refractivity contribution in [2.75, 3.05) is 32.8 Å². The van der Waals surface area contributed by atoms with Crippen molar-refractivity contribution in [3.63, 3.8) is 0 Å². The van der Waals surface area contributed by atoms with Crippen LogP contribution in [0.4, 0.5) is 0 Å². The molecule has 0 bridgehead atoms. The van der Waals surface area contributed by atoms with Gasteiger partial charge in [0.25, 0.3) is 0 Å². The second-order valence-electron chi connectivity index (χ2n) is 6.73. The largest absolute Gasteiger partial charge is 0.379 e. The molecule has 1 aliphatic rings. The lowest BCUT2D eigenvalue weighted by Crippen LogP contribution is -2.43. The van der Waals surface area contributed by atoms with E-state index in [0.717, 1.165) is 41.6 Å². The molecule has 0 saturated carbocycles. The van der Waals surface area contributed by atoms with Gasteiger partial charge in [-0.3, -0.25) is 14.5 Å². The minimum atomic E-state index is -0.0669. The van der Waals surface area contributed by atoms with E-state index < -0.39 is 0 Å². The first-order valence-electron chi connectivity index (χ1n) is 9.26. The van der Waals surface area contributed by atoms with Crippen LogP contribution in [0.2, 0.25) is 0 Å². The van der Waals surface area contributed by atoms with Crippen LogP contribution in [0.3, 0.4) is 0 Å². The summed E-state index contributed by atoms with van der Waals surface area (Å²) in [4.78, 5) is 30.5. The van der Waals surface area contributed by atoms with E-state index in [1.165, 1.54) is 4.88 Å². The highest BCUT2D eigenvalue weighted by Crippen LogP contribution is 2.25. The summed E-state index contributed by atoms with van der Waals surface area (Å²) in [5.41, 5.74) is 0.759. The number of morpholine rings is 1. The van der Waals surface area contributed by atoms with Crippen molar-refractivity contribution in [1.29, 1.82) is 0 Å². The maximum atomic E-state index is 12.4. The smallest absolute Gasteiger partial charge is 0.220 e. The topological polar surface area (TPSA) is 58.6 Å². The number of carbonyl (C=O) groups excluding carboxylic acids is 2. The summed E-state index contributed by atoms with van der Waals surface area (Å²) < 4.78 is 5.45. The Labute approximate surface area is 168 Å². The minimum absolute atomic E-state index is 0.0509. The molecule has 5 nitrogen and oxygen atoms in total. The van der Waals surface area contributed by atoms with Crippen molar-refractivity contribution < 1.29 is 14.3 Å². The van der Waals surface area contributed by atoms with Gasteiger partial charge in [-0.25, -0.2) is 0 Å². The van der Waals surface area contributed by atoms with Crippen molar-refractivity contribution >= 4 is 34.4 Å². The maximum absolute atomic E-state index is 12.4. The highest BCUT2D eigenvalue weighted by molar-refractivity contribution is 7.12. The number of nitrogens with zero attached hydrogens (tertiary/aromatic N) is 1. The van der Waals surface area contributed by atoms with E-state index in [1.54, 1.807) is 22.7 Å². The zero-order valence-electron chi connectivity index (χ0n) is 15.8. The van der Waals surface area contributed by atoms with Crippen molar-refractivity contribution in [2.24, 2.45) is 0 Å². The predicted molar refractivity (Wildman–Crippen MR) is 110 cm³/mol. The van der Waals surface area contributed by atoms with Gasteiger partial charge in [0.1, 0.15) is 0 Å². The lowest BCUT2D eigenvalue weighted by Gasteiger charge is -2.34. The second-order valence-corrected chi connectivity index (χ2v) is 9.17. The predicted octanol–water partition coefficient (Wildman–Crippen LogP) is 3.58. The molecular formula is C20H26N2O3S2. The van der Waals surface area contributed by atoms with Gasteiger partial charge in [0.2, 0.25) is 5.91 Å². The molecule has 1 aliphatic heterocycles. The molecule has 1 amide bonds. The van der Waals surface area contributed by atoms with Gasteiger partial charge in [0, 0.05) is 52.7 Å². The number of hydrogen-bond donors (Lipinski definition) is 1. The summed E-state index contributed by atoms with van der Waals surface area (Å²) in [6.07, 6.45) is 0.484. The van der Waals surface area contributed by atoms with E-state index in [9.17, 15) is 9.59 Å². The lowest BCUT2D eigenvalue weighted by molar-refractivity contribution is -0.121. The third kappa shape index (κ3) is 5.48. The zero-order chi connectivity index (χ0) is 19.2. The number of thiophene rings is 2. The molecule has 1 saturated heterocycles. The molecule has 2 aromatic heterocycles. The standard InChI is InChI=1S/C20H26N2O3S2/c1-14-12-16(15(2)27-14)18(23)5-6-20(24)21-13-17(19-4-3-11-26-19)22-7-9-25-10-8-22/h3-4,11-12,17H,5-10,13H2,1-2H3,(H,21,24). The Balaban J connectivity index is 1.51. The molecule has 3 heterocycles. The fourth-order valence-electron chi connectivity index (χ4n) is 3.35. The molecule has 0 aliphatic carbocycles. The number of amides is 1. The number of carbonyl (C=O) groups is 2. The first-order valence-corrected chi connectivity index (χ1v) is 11.0. The van der Waals surface area contributed by atoms with Crippen molar-refractivity contribution in [3.8, 4) is 0 Å². The normalized spacial score (nSPS) is 16.2. The van der Waals surface area contributed by atoms with Crippen LogP contribution >= 0.6 is 22.7 Å². The molecule has 1 unspecified atom stereocenters. The Kier molecular flexibility index (Phi) is 7.18. The van der Waals surface area contributed by atoms with Gasteiger partial charge in [-0.15, -0.1) is 22.7 Å². The third-order valence-corrected chi connectivity index (χ3v) is 6.71. The van der Waals surface area contributed by atoms with E-state index in [1.807, 2.05) is 26.0 Å². The van der Waals surface area contributed by atoms with Gasteiger partial charge < -0.3 is 10.1 Å². The third-order valence-electron chi connectivity index (χ3n) is 4.77. The Morgan fingerprint density at radius 3 is 2.67 bits per heavy atom. The van der Waals surface area contributed by atoms with Crippen LogP contribution in [-0.4, -0.2) is 49.4 Å². The van der Waals surface area contributed by atoms with E-state index in [-0.39, 0.29) is 30.6 Å². The van der Waals surface area contributed by atoms with Crippen LogP contribution in [0.1, 0.15) is 43.9 Å². The first-order chi connectivity index (χ1) is 13.0. The average Bonchev–Trinajstić information content (AvgIpc) is 3.30. The zero-order valence-corrected chi connectivity index (χ0v) is 17.5. The minimum Gasteiger partial charge on any atom is -0.379 e. The Morgan fingerprint density at radius 2 is 2.04 bits per heavy atom. The summed E-state index contributed by atoms with van der Waals surface area (Å²) >= 11 is 3.33. The number of Topliss-reactive ketones (excluding diaryl/α,β-unsaturated/α-hetero) is 1. The van der Waals surface area contributed by atoms with Crippen LogP contribution in [0.15, 0.2) is 23.6 Å². The molecule has 0 spiro atoms. The summed E-state index contributed by atoms with van der Waals surface area (Å²) in [7, 11) is 0. The Hall–Kier alpha value is -1.54. The van der Waals surface area contributed by atoms with E-state index >= 15 is 0 Å². The molecule has 3 rings (SSSR count). The van der Waals surface area contributed by atoms with Crippen LogP contribution in [0.25, 0.3) is 0 Å². The molecule has 146 valence electrons. The Morgan fingerprint density at radius 1 is 1.26 bits per heavy atom. The summed E-state index contributed by atoms with van der Waals surface area (Å²) in [5.74, 6) is -0.0160. The summed E-state index contributed by atoms with van der Waals surface area (Å²) in [6, 6.07) is 6.24. The van der Waals surface area contributed by atoms with Crippen LogP contribution in [0.5, 0.6) is 0 Å². The van der Waals surface area contributed by atoms with E-state index in [2.05, 4.69) is 21.7 Å². The SMILES string of the molecule is Cc1cc(C(=O)CCC(=O)NCC(c2cccs2)N2CCOCC2)c(C)s1. The quantitative estimate of drug-likeness (QED) is 0.681. The molecule has 0 aromatic carbocycles. The van der Waals surface area contributed by atoms with Crippen molar-refractivity contribution in [1.82, 2.24) is 10.2 Å². The number of nitrogens with one attached hydrogen (secondary N) is 1. The van der Waals surface area contributed by atoms with Gasteiger partial charge in [-0.2, -0.15) is 0 Å². The van der Waals surface area contributed by atoms with Gasteiger partial charge >= 0.3 is 0 Å². The van der Waals surface area contributed by atoms with Gasteiger partial charge in [0.15, 0.2) is 5.78 Å². The molecule has 1 fully saturated rings. The van der Waals surface area contributed by atoms with Crippen LogP contribution in [0, 0.1) is 13.8 Å². The molecule has 1 N–H and O–H groups in total. The average molecular weight is 407 g/mol. The maximum Gasteiger partial charge on any atom is 0.220 e. The van der Waals surface area contributed by atoms with Crippen LogP contribution in [-0.2, 0) is 9.53 Å². The monoisotopic (exact) mass is 406 g/mol. The molecular weight excluding hydrogens is 380 g/mol. The van der Waals surface area contributed by atoms with E-state index in [4.69, 9.17) is 4.74 Å². The Bertz CT molecular complexity index is 764. The summed E-state index contributed by atoms with van der Waals surface area (Å²) in [5, 5.41) is 5.09. The summed E-state index contributed by atoms with van der Waals surface area (Å²) in [6.45, 7) is 7.70. The first kappa shape index (κ1) is 20.2.